The van der Waals surface area contributed by atoms with E-state index in [2.05, 4.69) is 15.9 Å². The number of ketones is 1. The van der Waals surface area contributed by atoms with Gasteiger partial charge in [0.15, 0.2) is 5.76 Å². The number of fused-ring (bicyclic) bond motifs is 1. The highest BCUT2D eigenvalue weighted by atomic mass is 79.9. The van der Waals surface area contributed by atoms with Crippen molar-refractivity contribution in [2.75, 3.05) is 0 Å². The molecule has 3 heteroatoms. The third kappa shape index (κ3) is 2.16. The summed E-state index contributed by atoms with van der Waals surface area (Å²) in [6.45, 7) is 7.63. The van der Waals surface area contributed by atoms with Crippen molar-refractivity contribution in [3.63, 3.8) is 0 Å². The monoisotopic (exact) mass is 294 g/mol. The van der Waals surface area contributed by atoms with Crippen molar-refractivity contribution < 1.29 is 9.21 Å². The van der Waals surface area contributed by atoms with E-state index in [-0.39, 0.29) is 5.78 Å². The molecule has 0 radical (unpaired) electrons. The van der Waals surface area contributed by atoms with E-state index in [0.29, 0.717) is 5.76 Å². The second-order valence-electron chi connectivity index (χ2n) is 5.28. The lowest BCUT2D eigenvalue weighted by Crippen LogP contribution is -2.20. The van der Waals surface area contributed by atoms with Crippen molar-refractivity contribution in [2.45, 2.75) is 27.7 Å². The normalized spacial score (nSPS) is 12.1. The second-order valence-corrected chi connectivity index (χ2v) is 6.19. The number of hydrogen-bond donors (Lipinski definition) is 0. The molecule has 90 valence electrons. The number of benzene rings is 1. The Morgan fingerprint density at radius 1 is 1.29 bits per heavy atom. The number of halogens is 1. The van der Waals surface area contributed by atoms with E-state index in [1.54, 1.807) is 0 Å². The summed E-state index contributed by atoms with van der Waals surface area (Å²) in [5.41, 5.74) is 1.26. The van der Waals surface area contributed by atoms with Crippen LogP contribution < -0.4 is 0 Å². The van der Waals surface area contributed by atoms with Gasteiger partial charge in [0.05, 0.1) is 0 Å². The maximum atomic E-state index is 12.2. The molecule has 0 saturated heterocycles. The molecular weight excluding hydrogens is 280 g/mol. The van der Waals surface area contributed by atoms with E-state index < -0.39 is 5.41 Å². The van der Waals surface area contributed by atoms with E-state index in [4.69, 9.17) is 4.42 Å². The lowest BCUT2D eigenvalue weighted by Gasteiger charge is -2.14. The van der Waals surface area contributed by atoms with Crippen molar-refractivity contribution in [1.82, 2.24) is 0 Å². The van der Waals surface area contributed by atoms with Crippen molar-refractivity contribution in [3.05, 3.63) is 34.0 Å². The van der Waals surface area contributed by atoms with Crippen LogP contribution in [-0.2, 0) is 0 Å². The van der Waals surface area contributed by atoms with Crippen molar-refractivity contribution >= 4 is 32.7 Å². The van der Waals surface area contributed by atoms with Gasteiger partial charge in [0.2, 0.25) is 5.78 Å². The first-order valence-electron chi connectivity index (χ1n) is 5.54. The minimum Gasteiger partial charge on any atom is -0.453 e. The Bertz CT molecular complexity index is 588. The van der Waals surface area contributed by atoms with E-state index in [0.717, 1.165) is 21.0 Å². The Kier molecular flexibility index (Phi) is 2.90. The summed E-state index contributed by atoms with van der Waals surface area (Å²) < 4.78 is 6.64. The fourth-order valence-corrected chi connectivity index (χ4v) is 2.10. The fourth-order valence-electron chi connectivity index (χ4n) is 1.76. The number of Topliss-reactive ketones (excluding diaryl/α,β-unsaturated/α-hetero) is 1. The maximum Gasteiger partial charge on any atom is 0.203 e. The zero-order chi connectivity index (χ0) is 12.8. The quantitative estimate of drug-likeness (QED) is 0.712. The van der Waals surface area contributed by atoms with Crippen LogP contribution in [0.4, 0.5) is 0 Å². The van der Waals surface area contributed by atoms with Crippen LogP contribution in [0.25, 0.3) is 11.0 Å². The van der Waals surface area contributed by atoms with Crippen LogP contribution in [0.5, 0.6) is 0 Å². The Morgan fingerprint density at radius 2 is 1.94 bits per heavy atom. The van der Waals surface area contributed by atoms with Gasteiger partial charge in [-0.05, 0) is 25.1 Å². The van der Waals surface area contributed by atoms with E-state index in [1.807, 2.05) is 45.9 Å². The molecule has 2 rings (SSSR count). The van der Waals surface area contributed by atoms with Crippen LogP contribution in [0.3, 0.4) is 0 Å². The number of carbonyl (C=O) groups is 1. The molecule has 1 aromatic heterocycles. The molecule has 0 aliphatic carbocycles. The van der Waals surface area contributed by atoms with Crippen molar-refractivity contribution in [3.8, 4) is 0 Å². The first kappa shape index (κ1) is 12.4. The fraction of sp³-hybridized carbons (Fsp3) is 0.357. The van der Waals surface area contributed by atoms with Gasteiger partial charge >= 0.3 is 0 Å². The Labute approximate surface area is 109 Å². The highest BCUT2D eigenvalue weighted by Gasteiger charge is 2.28. The van der Waals surface area contributed by atoms with E-state index >= 15 is 0 Å². The van der Waals surface area contributed by atoms with Crippen molar-refractivity contribution in [1.29, 1.82) is 0 Å². The average Bonchev–Trinajstić information content (AvgIpc) is 2.53. The topological polar surface area (TPSA) is 30.2 Å². The molecule has 0 bridgehead atoms. The number of carbonyl (C=O) groups excluding carboxylic acids is 1. The van der Waals surface area contributed by atoms with Gasteiger partial charge in [-0.25, -0.2) is 0 Å². The molecule has 0 amide bonds. The average molecular weight is 295 g/mol. The molecule has 17 heavy (non-hydrogen) atoms. The SMILES string of the molecule is Cc1c(C(=O)C(C)(C)C)oc2cc(Br)ccc12. The van der Waals surface area contributed by atoms with Crippen LogP contribution in [0.1, 0.15) is 36.9 Å². The Hall–Kier alpha value is -1.09. The molecule has 2 aromatic rings. The third-order valence-corrected chi connectivity index (χ3v) is 3.28. The zero-order valence-corrected chi connectivity index (χ0v) is 12.0. The number of hydrogen-bond acceptors (Lipinski definition) is 2. The molecule has 1 heterocycles. The number of rotatable bonds is 1. The molecule has 2 nitrogen and oxygen atoms in total. The lowest BCUT2D eigenvalue weighted by atomic mass is 9.88. The minimum atomic E-state index is -0.421. The second kappa shape index (κ2) is 3.98. The highest BCUT2D eigenvalue weighted by Crippen LogP contribution is 2.31. The Balaban J connectivity index is 2.64. The largest absolute Gasteiger partial charge is 0.453 e. The predicted molar refractivity (Wildman–Crippen MR) is 72.4 cm³/mol. The smallest absolute Gasteiger partial charge is 0.203 e. The predicted octanol–water partition coefficient (Wildman–Crippen LogP) is 4.73. The summed E-state index contributed by atoms with van der Waals surface area (Å²) in [4.78, 5) is 12.2. The molecule has 0 aliphatic rings. The zero-order valence-electron chi connectivity index (χ0n) is 10.4. The summed E-state index contributed by atoms with van der Waals surface area (Å²) in [5, 5.41) is 1.00. The standard InChI is InChI=1S/C14H15BrO2/c1-8-10-6-5-9(15)7-11(10)17-12(8)13(16)14(2,3)4/h5-7H,1-4H3. The van der Waals surface area contributed by atoms with Gasteiger partial charge in [0, 0.05) is 20.8 Å². The van der Waals surface area contributed by atoms with Crippen LogP contribution in [0, 0.1) is 12.3 Å². The third-order valence-electron chi connectivity index (χ3n) is 2.79. The highest BCUT2D eigenvalue weighted by molar-refractivity contribution is 9.10. The molecule has 0 fully saturated rings. The maximum absolute atomic E-state index is 12.2. The van der Waals surface area contributed by atoms with Crippen molar-refractivity contribution in [2.24, 2.45) is 5.41 Å². The lowest BCUT2D eigenvalue weighted by molar-refractivity contribution is 0.0830. The van der Waals surface area contributed by atoms with E-state index in [9.17, 15) is 4.79 Å². The molecule has 1 aromatic carbocycles. The Morgan fingerprint density at radius 3 is 2.53 bits per heavy atom. The molecule has 0 unspecified atom stereocenters. The van der Waals surface area contributed by atoms with Crippen LogP contribution in [0.15, 0.2) is 27.1 Å². The van der Waals surface area contributed by atoms with Gasteiger partial charge in [0.1, 0.15) is 5.58 Å². The molecule has 0 atom stereocenters. The minimum absolute atomic E-state index is 0.0438. The van der Waals surface area contributed by atoms with Crippen LogP contribution >= 0.6 is 15.9 Å². The molecule has 0 spiro atoms. The summed E-state index contributed by atoms with van der Waals surface area (Å²) in [7, 11) is 0. The summed E-state index contributed by atoms with van der Waals surface area (Å²) in [6.07, 6.45) is 0. The van der Waals surface area contributed by atoms with Gasteiger partial charge < -0.3 is 4.42 Å². The number of furan rings is 1. The van der Waals surface area contributed by atoms with E-state index in [1.165, 1.54) is 0 Å². The van der Waals surface area contributed by atoms with Gasteiger partial charge in [-0.3, -0.25) is 4.79 Å². The van der Waals surface area contributed by atoms with Crippen LogP contribution in [-0.4, -0.2) is 5.78 Å². The van der Waals surface area contributed by atoms with Crippen LogP contribution in [0.2, 0.25) is 0 Å². The van der Waals surface area contributed by atoms with Gasteiger partial charge in [-0.2, -0.15) is 0 Å². The molecule has 0 saturated carbocycles. The first-order chi connectivity index (χ1) is 7.80. The first-order valence-corrected chi connectivity index (χ1v) is 6.33. The molecule has 0 aliphatic heterocycles. The molecule has 0 N–H and O–H groups in total. The summed E-state index contributed by atoms with van der Waals surface area (Å²) >= 11 is 3.40. The van der Waals surface area contributed by atoms with Gasteiger partial charge in [-0.1, -0.05) is 36.7 Å². The van der Waals surface area contributed by atoms with Gasteiger partial charge in [0.25, 0.3) is 0 Å². The number of aryl methyl sites for hydroxylation is 1. The summed E-state index contributed by atoms with van der Waals surface area (Å²) in [6, 6.07) is 5.82. The molecular formula is C14H15BrO2. The summed E-state index contributed by atoms with van der Waals surface area (Å²) in [5.74, 6) is 0.521. The van der Waals surface area contributed by atoms with Gasteiger partial charge in [-0.15, -0.1) is 0 Å².